The van der Waals surface area contributed by atoms with Crippen molar-refractivity contribution in [3.05, 3.63) is 101 Å². The van der Waals surface area contributed by atoms with Gasteiger partial charge in [-0.25, -0.2) is 0 Å². The Hall–Kier alpha value is -3.31. The molecule has 0 heterocycles. The molecule has 0 unspecified atom stereocenters. The molecule has 3 aromatic carbocycles. The van der Waals surface area contributed by atoms with Crippen molar-refractivity contribution in [2.24, 2.45) is 0 Å². The highest BCUT2D eigenvalue weighted by Crippen LogP contribution is 2.22. The van der Waals surface area contributed by atoms with E-state index in [1.54, 1.807) is 11.0 Å². The third-order valence-corrected chi connectivity index (χ3v) is 6.85. The Morgan fingerprint density at radius 2 is 1.57 bits per heavy atom. The number of hydrogen-bond acceptors (Lipinski definition) is 3. The van der Waals surface area contributed by atoms with Crippen molar-refractivity contribution in [2.75, 3.05) is 6.61 Å². The monoisotopic (exact) mass is 520 g/mol. The van der Waals surface area contributed by atoms with Crippen molar-refractivity contribution < 1.29 is 14.3 Å². The average molecular weight is 521 g/mol. The molecule has 0 saturated carbocycles. The summed E-state index contributed by atoms with van der Waals surface area (Å²) >= 11 is 6.47. The Kier molecular flexibility index (Phi) is 10.6. The van der Waals surface area contributed by atoms with Gasteiger partial charge < -0.3 is 15.0 Å². The van der Waals surface area contributed by atoms with E-state index < -0.39 is 6.04 Å². The van der Waals surface area contributed by atoms with E-state index in [1.807, 2.05) is 86.6 Å². The topological polar surface area (TPSA) is 58.6 Å². The molecule has 3 rings (SSSR count). The molecule has 1 N–H and O–H groups in total. The number of ether oxygens (including phenoxy) is 1. The molecule has 3 aromatic rings. The van der Waals surface area contributed by atoms with Crippen LogP contribution in [0.5, 0.6) is 5.75 Å². The van der Waals surface area contributed by atoms with Crippen LogP contribution >= 0.6 is 11.6 Å². The summed E-state index contributed by atoms with van der Waals surface area (Å²) in [5.74, 6) is 0.539. The molecule has 37 heavy (non-hydrogen) atoms. The minimum absolute atomic E-state index is 0.0150. The van der Waals surface area contributed by atoms with Gasteiger partial charge in [0.05, 0.1) is 0 Å². The lowest BCUT2D eigenvalue weighted by Gasteiger charge is -2.32. The molecule has 0 spiro atoms. The van der Waals surface area contributed by atoms with Gasteiger partial charge in [0.15, 0.2) is 6.61 Å². The van der Waals surface area contributed by atoms with Crippen molar-refractivity contribution in [1.29, 1.82) is 0 Å². The van der Waals surface area contributed by atoms with Gasteiger partial charge in [-0.1, -0.05) is 93.0 Å². The molecule has 0 aliphatic carbocycles. The minimum atomic E-state index is -0.730. The second-order valence-corrected chi connectivity index (χ2v) is 10.1. The average Bonchev–Trinajstić information content (AvgIpc) is 2.90. The number of benzene rings is 3. The number of carbonyl (C=O) groups is 2. The van der Waals surface area contributed by atoms with Gasteiger partial charge >= 0.3 is 0 Å². The van der Waals surface area contributed by atoms with Gasteiger partial charge in [-0.05, 0) is 54.2 Å². The SMILES string of the molecule is CC[C@@H](C)NC(=O)[C@@H](Cc1ccccc1)N(Cc1ccccc1Cl)C(=O)COc1ccc(C(C)C)cc1. The summed E-state index contributed by atoms with van der Waals surface area (Å²) in [5, 5.41) is 3.62. The zero-order valence-corrected chi connectivity index (χ0v) is 22.9. The highest BCUT2D eigenvalue weighted by molar-refractivity contribution is 6.31. The zero-order valence-electron chi connectivity index (χ0n) is 22.1. The Bertz CT molecular complexity index is 1150. The van der Waals surface area contributed by atoms with Crippen LogP contribution in [0.3, 0.4) is 0 Å². The number of carbonyl (C=O) groups excluding carboxylic acids is 2. The third-order valence-electron chi connectivity index (χ3n) is 6.48. The first kappa shape index (κ1) is 28.3. The van der Waals surface area contributed by atoms with Crippen molar-refractivity contribution in [1.82, 2.24) is 10.2 Å². The van der Waals surface area contributed by atoms with E-state index in [2.05, 4.69) is 19.2 Å². The molecule has 0 aromatic heterocycles. The summed E-state index contributed by atoms with van der Waals surface area (Å²) < 4.78 is 5.88. The second kappa shape index (κ2) is 13.8. The van der Waals surface area contributed by atoms with Gasteiger partial charge in [0.2, 0.25) is 5.91 Å². The highest BCUT2D eigenvalue weighted by Gasteiger charge is 2.31. The molecule has 0 bridgehead atoms. The predicted molar refractivity (Wildman–Crippen MR) is 150 cm³/mol. The Balaban J connectivity index is 1.90. The number of hydrogen-bond donors (Lipinski definition) is 1. The quantitative estimate of drug-likeness (QED) is 0.301. The highest BCUT2D eigenvalue weighted by atomic mass is 35.5. The van der Waals surface area contributed by atoms with Crippen LogP contribution in [0.2, 0.25) is 5.02 Å². The lowest BCUT2D eigenvalue weighted by molar-refractivity contribution is -0.143. The van der Waals surface area contributed by atoms with E-state index in [0.717, 1.165) is 17.5 Å². The molecule has 2 amide bonds. The molecule has 0 aliphatic rings. The van der Waals surface area contributed by atoms with Gasteiger partial charge in [-0.3, -0.25) is 9.59 Å². The smallest absolute Gasteiger partial charge is 0.261 e. The van der Waals surface area contributed by atoms with Crippen LogP contribution in [0.15, 0.2) is 78.9 Å². The van der Waals surface area contributed by atoms with Gasteiger partial charge in [0.25, 0.3) is 5.91 Å². The third kappa shape index (κ3) is 8.36. The summed E-state index contributed by atoms with van der Waals surface area (Å²) in [6.07, 6.45) is 1.17. The van der Waals surface area contributed by atoms with E-state index in [9.17, 15) is 9.59 Å². The van der Waals surface area contributed by atoms with E-state index in [0.29, 0.717) is 23.1 Å². The van der Waals surface area contributed by atoms with Gasteiger partial charge in [0.1, 0.15) is 11.8 Å². The molecule has 6 heteroatoms. The van der Waals surface area contributed by atoms with Crippen molar-refractivity contribution >= 4 is 23.4 Å². The van der Waals surface area contributed by atoms with E-state index in [4.69, 9.17) is 16.3 Å². The van der Waals surface area contributed by atoms with Gasteiger partial charge in [-0.15, -0.1) is 0 Å². The first-order valence-corrected chi connectivity index (χ1v) is 13.3. The summed E-state index contributed by atoms with van der Waals surface area (Å²) in [4.78, 5) is 28.8. The summed E-state index contributed by atoms with van der Waals surface area (Å²) in [6.45, 7) is 8.24. The molecule has 0 saturated heterocycles. The normalized spacial score (nSPS) is 12.6. The fourth-order valence-electron chi connectivity index (χ4n) is 3.98. The molecule has 0 aliphatic heterocycles. The standard InChI is InChI=1S/C31H37ClN2O3/c1-5-23(4)33-31(36)29(19-24-11-7-6-8-12-24)34(20-26-13-9-10-14-28(26)32)30(35)21-37-27-17-15-25(16-18-27)22(2)3/h6-18,22-23,29H,5,19-21H2,1-4H3,(H,33,36)/t23-,29-/m1/s1. The maximum atomic E-state index is 13.7. The first-order chi connectivity index (χ1) is 17.8. The molecular formula is C31H37ClN2O3. The van der Waals surface area contributed by atoms with Crippen molar-refractivity contribution in [3.63, 3.8) is 0 Å². The van der Waals surface area contributed by atoms with Crippen LogP contribution in [0, 0.1) is 0 Å². The van der Waals surface area contributed by atoms with Crippen molar-refractivity contribution in [2.45, 2.75) is 65.1 Å². The summed E-state index contributed by atoms with van der Waals surface area (Å²) in [6, 6.07) is 24.1. The minimum Gasteiger partial charge on any atom is -0.484 e. The lowest BCUT2D eigenvalue weighted by atomic mass is 10.0. The van der Waals surface area contributed by atoms with Crippen molar-refractivity contribution in [3.8, 4) is 5.75 Å². The van der Waals surface area contributed by atoms with E-state index in [-0.39, 0.29) is 31.0 Å². The van der Waals surface area contributed by atoms with Gasteiger partial charge in [0, 0.05) is 24.0 Å². The first-order valence-electron chi connectivity index (χ1n) is 12.9. The maximum Gasteiger partial charge on any atom is 0.261 e. The molecule has 196 valence electrons. The Morgan fingerprint density at radius 1 is 0.919 bits per heavy atom. The van der Waals surface area contributed by atoms with Crippen LogP contribution in [-0.2, 0) is 22.6 Å². The molecular weight excluding hydrogens is 484 g/mol. The second-order valence-electron chi connectivity index (χ2n) is 9.65. The number of nitrogens with zero attached hydrogens (tertiary/aromatic N) is 1. The fourth-order valence-corrected chi connectivity index (χ4v) is 4.18. The van der Waals surface area contributed by atoms with Crippen LogP contribution in [0.25, 0.3) is 0 Å². The number of amides is 2. The molecule has 0 radical (unpaired) electrons. The molecule has 2 atom stereocenters. The Morgan fingerprint density at radius 3 is 2.19 bits per heavy atom. The molecule has 0 fully saturated rings. The zero-order chi connectivity index (χ0) is 26.8. The maximum absolute atomic E-state index is 13.7. The van der Waals surface area contributed by atoms with Crippen LogP contribution in [0.1, 0.15) is 56.7 Å². The molecule has 5 nitrogen and oxygen atoms in total. The number of rotatable bonds is 12. The Labute approximate surface area is 225 Å². The predicted octanol–water partition coefficient (Wildman–Crippen LogP) is 6.40. The summed E-state index contributed by atoms with van der Waals surface area (Å²) in [5.41, 5.74) is 2.94. The number of halogens is 1. The van der Waals surface area contributed by atoms with Crippen LogP contribution in [0.4, 0.5) is 0 Å². The van der Waals surface area contributed by atoms with E-state index in [1.165, 1.54) is 5.56 Å². The number of nitrogens with one attached hydrogen (secondary N) is 1. The van der Waals surface area contributed by atoms with E-state index >= 15 is 0 Å². The van der Waals surface area contributed by atoms with Crippen LogP contribution in [-0.4, -0.2) is 35.4 Å². The largest absolute Gasteiger partial charge is 0.484 e. The fraction of sp³-hybridized carbons (Fsp3) is 0.355. The lowest BCUT2D eigenvalue weighted by Crippen LogP contribution is -2.53. The van der Waals surface area contributed by atoms with Crippen LogP contribution < -0.4 is 10.1 Å². The summed E-state index contributed by atoms with van der Waals surface area (Å²) in [7, 11) is 0. The van der Waals surface area contributed by atoms with Gasteiger partial charge in [-0.2, -0.15) is 0 Å².